The van der Waals surface area contributed by atoms with Crippen LogP contribution in [-0.2, 0) is 0 Å². The van der Waals surface area contributed by atoms with Gasteiger partial charge in [-0.1, -0.05) is 6.42 Å². The van der Waals surface area contributed by atoms with Crippen LogP contribution in [0.5, 0.6) is 0 Å². The first-order valence-corrected chi connectivity index (χ1v) is 3.67. The third-order valence-corrected chi connectivity index (χ3v) is 2.09. The maximum Gasteiger partial charge on any atom is 0.0580 e. The number of aliphatic hydroxyl groups excluding tert-OH is 1. The summed E-state index contributed by atoms with van der Waals surface area (Å²) in [7, 11) is 1.94. The predicted octanol–water partition coefficient (Wildman–Crippen LogP) is 0.367. The van der Waals surface area contributed by atoms with E-state index in [4.69, 9.17) is 0 Å². The first-order valence-electron chi connectivity index (χ1n) is 3.67. The molecule has 0 bridgehead atoms. The van der Waals surface area contributed by atoms with Crippen molar-refractivity contribution in [2.75, 3.05) is 13.6 Å². The van der Waals surface area contributed by atoms with Crippen LogP contribution in [0.15, 0.2) is 0 Å². The SMILES string of the molecule is CNC[C@H]1CCC[C@@H]1O. The Morgan fingerprint density at radius 3 is 2.78 bits per heavy atom. The van der Waals surface area contributed by atoms with E-state index >= 15 is 0 Å². The second-order valence-corrected chi connectivity index (χ2v) is 2.82. The van der Waals surface area contributed by atoms with Crippen molar-refractivity contribution in [3.05, 3.63) is 0 Å². The van der Waals surface area contributed by atoms with Gasteiger partial charge in [0.1, 0.15) is 0 Å². The summed E-state index contributed by atoms with van der Waals surface area (Å²) < 4.78 is 0. The molecule has 0 saturated heterocycles. The second kappa shape index (κ2) is 3.18. The molecule has 2 nitrogen and oxygen atoms in total. The van der Waals surface area contributed by atoms with Crippen LogP contribution < -0.4 is 5.32 Å². The Morgan fingerprint density at radius 1 is 1.56 bits per heavy atom. The van der Waals surface area contributed by atoms with Gasteiger partial charge in [0.25, 0.3) is 0 Å². The average Bonchev–Trinajstić information content (AvgIpc) is 2.18. The molecule has 0 spiro atoms. The van der Waals surface area contributed by atoms with Crippen LogP contribution in [0.1, 0.15) is 19.3 Å². The van der Waals surface area contributed by atoms with Crippen LogP contribution in [0.2, 0.25) is 0 Å². The van der Waals surface area contributed by atoms with Crippen molar-refractivity contribution in [1.29, 1.82) is 0 Å². The Bertz CT molecular complexity index is 85.0. The first kappa shape index (κ1) is 7.03. The summed E-state index contributed by atoms with van der Waals surface area (Å²) in [5, 5.41) is 12.4. The van der Waals surface area contributed by atoms with Gasteiger partial charge in [0, 0.05) is 6.54 Å². The fourth-order valence-corrected chi connectivity index (χ4v) is 1.52. The molecule has 9 heavy (non-hydrogen) atoms. The Hall–Kier alpha value is -0.0800. The molecule has 1 saturated carbocycles. The number of hydrogen-bond acceptors (Lipinski definition) is 2. The molecule has 1 fully saturated rings. The summed E-state index contributed by atoms with van der Waals surface area (Å²) in [6.45, 7) is 0.973. The standard InChI is InChI=1S/C7H15NO/c1-8-5-6-3-2-4-7(6)9/h6-9H,2-5H2,1H3/t6-,7+/m1/s1. The number of aliphatic hydroxyl groups is 1. The zero-order chi connectivity index (χ0) is 6.69. The van der Waals surface area contributed by atoms with E-state index in [1.807, 2.05) is 7.05 Å². The third kappa shape index (κ3) is 1.66. The molecule has 1 aliphatic rings. The zero-order valence-electron chi connectivity index (χ0n) is 5.93. The smallest absolute Gasteiger partial charge is 0.0580 e. The molecule has 2 heteroatoms. The van der Waals surface area contributed by atoms with Crippen molar-refractivity contribution in [3.63, 3.8) is 0 Å². The predicted molar refractivity (Wildman–Crippen MR) is 37.3 cm³/mol. The molecule has 0 aromatic rings. The van der Waals surface area contributed by atoms with E-state index in [9.17, 15) is 5.11 Å². The molecule has 2 atom stereocenters. The molecular formula is C7H15NO. The fraction of sp³-hybridized carbons (Fsp3) is 1.00. The molecule has 0 radical (unpaired) electrons. The Kier molecular flexibility index (Phi) is 2.49. The van der Waals surface area contributed by atoms with Crippen LogP contribution >= 0.6 is 0 Å². The van der Waals surface area contributed by atoms with E-state index in [-0.39, 0.29) is 6.10 Å². The van der Waals surface area contributed by atoms with Gasteiger partial charge < -0.3 is 10.4 Å². The van der Waals surface area contributed by atoms with Crippen LogP contribution in [-0.4, -0.2) is 24.8 Å². The van der Waals surface area contributed by atoms with Gasteiger partial charge in [-0.2, -0.15) is 0 Å². The van der Waals surface area contributed by atoms with E-state index in [1.165, 1.54) is 12.8 Å². The highest BCUT2D eigenvalue weighted by atomic mass is 16.3. The molecule has 0 aromatic carbocycles. The van der Waals surface area contributed by atoms with Gasteiger partial charge in [-0.3, -0.25) is 0 Å². The van der Waals surface area contributed by atoms with E-state index < -0.39 is 0 Å². The molecule has 0 unspecified atom stereocenters. The van der Waals surface area contributed by atoms with Gasteiger partial charge in [0.2, 0.25) is 0 Å². The Morgan fingerprint density at radius 2 is 2.33 bits per heavy atom. The molecule has 2 N–H and O–H groups in total. The quantitative estimate of drug-likeness (QED) is 0.564. The van der Waals surface area contributed by atoms with Crippen LogP contribution in [0.4, 0.5) is 0 Å². The van der Waals surface area contributed by atoms with Crippen molar-refractivity contribution in [1.82, 2.24) is 5.32 Å². The number of hydrogen-bond donors (Lipinski definition) is 2. The van der Waals surface area contributed by atoms with Crippen LogP contribution in [0, 0.1) is 5.92 Å². The summed E-state index contributed by atoms with van der Waals surface area (Å²) >= 11 is 0. The highest BCUT2D eigenvalue weighted by Crippen LogP contribution is 2.24. The number of nitrogens with one attached hydrogen (secondary N) is 1. The first-order chi connectivity index (χ1) is 4.34. The minimum atomic E-state index is -0.0301. The molecule has 0 aliphatic heterocycles. The lowest BCUT2D eigenvalue weighted by Gasteiger charge is -2.12. The molecule has 1 rings (SSSR count). The van der Waals surface area contributed by atoms with E-state index in [2.05, 4.69) is 5.32 Å². The third-order valence-electron chi connectivity index (χ3n) is 2.09. The van der Waals surface area contributed by atoms with Crippen molar-refractivity contribution >= 4 is 0 Å². The second-order valence-electron chi connectivity index (χ2n) is 2.82. The summed E-state index contributed by atoms with van der Waals surface area (Å²) in [6.07, 6.45) is 3.37. The Balaban J connectivity index is 2.22. The van der Waals surface area contributed by atoms with Crippen molar-refractivity contribution in [2.45, 2.75) is 25.4 Å². The minimum Gasteiger partial charge on any atom is -0.393 e. The van der Waals surface area contributed by atoms with Gasteiger partial charge in [0.15, 0.2) is 0 Å². The molecule has 0 amide bonds. The monoisotopic (exact) mass is 129 g/mol. The van der Waals surface area contributed by atoms with Gasteiger partial charge >= 0.3 is 0 Å². The maximum absolute atomic E-state index is 9.28. The average molecular weight is 129 g/mol. The molecule has 1 aliphatic carbocycles. The lowest BCUT2D eigenvalue weighted by atomic mass is 10.1. The molecule has 0 heterocycles. The lowest BCUT2D eigenvalue weighted by Crippen LogP contribution is -2.24. The largest absolute Gasteiger partial charge is 0.393 e. The van der Waals surface area contributed by atoms with Crippen molar-refractivity contribution in [3.8, 4) is 0 Å². The topological polar surface area (TPSA) is 32.3 Å². The van der Waals surface area contributed by atoms with E-state index in [0.717, 1.165) is 13.0 Å². The fourth-order valence-electron chi connectivity index (χ4n) is 1.52. The summed E-state index contributed by atoms with van der Waals surface area (Å²) in [6, 6.07) is 0. The Labute approximate surface area is 56.3 Å². The highest BCUT2D eigenvalue weighted by molar-refractivity contribution is 4.77. The van der Waals surface area contributed by atoms with E-state index in [0.29, 0.717) is 5.92 Å². The zero-order valence-corrected chi connectivity index (χ0v) is 5.93. The summed E-state index contributed by atoms with van der Waals surface area (Å²) in [5.41, 5.74) is 0. The van der Waals surface area contributed by atoms with Crippen molar-refractivity contribution in [2.24, 2.45) is 5.92 Å². The van der Waals surface area contributed by atoms with E-state index in [1.54, 1.807) is 0 Å². The highest BCUT2D eigenvalue weighted by Gasteiger charge is 2.23. The van der Waals surface area contributed by atoms with Crippen molar-refractivity contribution < 1.29 is 5.11 Å². The van der Waals surface area contributed by atoms with Gasteiger partial charge in [-0.25, -0.2) is 0 Å². The summed E-state index contributed by atoms with van der Waals surface area (Å²) in [5.74, 6) is 0.523. The maximum atomic E-state index is 9.28. The normalized spacial score (nSPS) is 35.3. The van der Waals surface area contributed by atoms with Gasteiger partial charge in [0.05, 0.1) is 6.10 Å². The van der Waals surface area contributed by atoms with Crippen LogP contribution in [0.25, 0.3) is 0 Å². The lowest BCUT2D eigenvalue weighted by molar-refractivity contribution is 0.133. The molecule has 0 aromatic heterocycles. The van der Waals surface area contributed by atoms with Gasteiger partial charge in [-0.05, 0) is 25.8 Å². The molecule has 54 valence electrons. The summed E-state index contributed by atoms with van der Waals surface area (Å²) in [4.78, 5) is 0. The minimum absolute atomic E-state index is 0.0301. The number of rotatable bonds is 2. The van der Waals surface area contributed by atoms with Gasteiger partial charge in [-0.15, -0.1) is 0 Å². The molecular weight excluding hydrogens is 114 g/mol. The van der Waals surface area contributed by atoms with Crippen LogP contribution in [0.3, 0.4) is 0 Å².